The summed E-state index contributed by atoms with van der Waals surface area (Å²) in [4.78, 5) is 12.6. The normalized spacial score (nSPS) is 10.9. The second-order valence-electron chi connectivity index (χ2n) is 6.52. The number of nitrogens with zero attached hydrogens (tertiary/aromatic N) is 1. The fourth-order valence-corrected chi connectivity index (χ4v) is 3.13. The zero-order valence-corrected chi connectivity index (χ0v) is 18.5. The molecule has 0 heterocycles. The van der Waals surface area contributed by atoms with Crippen molar-refractivity contribution in [2.75, 3.05) is 5.32 Å². The average molecular weight is 482 g/mol. The summed E-state index contributed by atoms with van der Waals surface area (Å²) in [6, 6.07) is 22.3. The summed E-state index contributed by atoms with van der Waals surface area (Å²) >= 11 is 9.50. The van der Waals surface area contributed by atoms with E-state index in [-0.39, 0.29) is 5.57 Å². The molecule has 3 aromatic rings. The van der Waals surface area contributed by atoms with Crippen LogP contribution in [0.2, 0.25) is 5.02 Å². The summed E-state index contributed by atoms with van der Waals surface area (Å²) in [5.74, 6) is 0.152. The van der Waals surface area contributed by atoms with Crippen molar-refractivity contribution in [3.63, 3.8) is 0 Å². The first kappa shape index (κ1) is 21.6. The van der Waals surface area contributed by atoms with Gasteiger partial charge in [-0.1, -0.05) is 57.9 Å². The van der Waals surface area contributed by atoms with Crippen LogP contribution in [-0.4, -0.2) is 5.91 Å². The lowest BCUT2D eigenvalue weighted by Crippen LogP contribution is -2.14. The Balaban J connectivity index is 1.73. The average Bonchev–Trinajstić information content (AvgIpc) is 2.75. The highest BCUT2D eigenvalue weighted by atomic mass is 79.9. The van der Waals surface area contributed by atoms with Crippen LogP contribution < -0.4 is 10.1 Å². The number of amides is 1. The maximum atomic E-state index is 12.6. The minimum atomic E-state index is -0.496. The molecular weight excluding hydrogens is 464 g/mol. The molecule has 4 nitrogen and oxygen atoms in total. The lowest BCUT2D eigenvalue weighted by Gasteiger charge is -2.09. The molecule has 0 saturated heterocycles. The van der Waals surface area contributed by atoms with Crippen LogP contribution in [0.1, 0.15) is 16.7 Å². The van der Waals surface area contributed by atoms with E-state index in [0.717, 1.165) is 15.6 Å². The molecule has 0 aliphatic rings. The van der Waals surface area contributed by atoms with Gasteiger partial charge in [-0.05, 0) is 66.1 Å². The van der Waals surface area contributed by atoms with Crippen molar-refractivity contribution >= 4 is 45.2 Å². The highest BCUT2D eigenvalue weighted by Gasteiger charge is 2.12. The summed E-state index contributed by atoms with van der Waals surface area (Å²) in [5.41, 5.74) is 3.03. The molecule has 6 heteroatoms. The van der Waals surface area contributed by atoms with Gasteiger partial charge in [0.15, 0.2) is 0 Å². The number of hydrogen-bond acceptors (Lipinski definition) is 3. The van der Waals surface area contributed by atoms with Crippen molar-refractivity contribution in [2.24, 2.45) is 0 Å². The number of carbonyl (C=O) groups excluding carboxylic acids is 1. The Morgan fingerprint density at radius 2 is 1.90 bits per heavy atom. The number of carbonyl (C=O) groups is 1. The van der Waals surface area contributed by atoms with Gasteiger partial charge in [0.05, 0.1) is 0 Å². The number of benzene rings is 3. The molecule has 0 aliphatic carbocycles. The minimum Gasteiger partial charge on any atom is -0.489 e. The van der Waals surface area contributed by atoms with Crippen molar-refractivity contribution in [3.8, 4) is 11.8 Å². The molecule has 0 aromatic heterocycles. The molecule has 3 aromatic carbocycles. The first-order valence-corrected chi connectivity index (χ1v) is 10.3. The van der Waals surface area contributed by atoms with Crippen LogP contribution in [0.15, 0.2) is 76.8 Å². The second kappa shape index (κ2) is 10.1. The Bertz CT molecular complexity index is 1130. The van der Waals surface area contributed by atoms with Crippen LogP contribution >= 0.6 is 27.5 Å². The highest BCUT2D eigenvalue weighted by Crippen LogP contribution is 2.24. The van der Waals surface area contributed by atoms with Gasteiger partial charge in [0, 0.05) is 15.2 Å². The van der Waals surface area contributed by atoms with Gasteiger partial charge in [-0.2, -0.15) is 5.26 Å². The molecule has 0 fully saturated rings. The Morgan fingerprint density at radius 1 is 1.17 bits per heavy atom. The highest BCUT2D eigenvalue weighted by molar-refractivity contribution is 9.10. The number of ether oxygens (including phenoxy) is 1. The van der Waals surface area contributed by atoms with Gasteiger partial charge in [0.1, 0.15) is 24.0 Å². The van der Waals surface area contributed by atoms with Gasteiger partial charge in [-0.25, -0.2) is 0 Å². The summed E-state index contributed by atoms with van der Waals surface area (Å²) in [6.07, 6.45) is 1.53. The monoisotopic (exact) mass is 480 g/mol. The molecule has 0 unspecified atom stereocenters. The topological polar surface area (TPSA) is 62.1 Å². The maximum absolute atomic E-state index is 12.6. The van der Waals surface area contributed by atoms with E-state index >= 15 is 0 Å². The molecule has 0 spiro atoms. The van der Waals surface area contributed by atoms with Crippen LogP contribution in [0.3, 0.4) is 0 Å². The number of hydrogen-bond donors (Lipinski definition) is 1. The summed E-state index contributed by atoms with van der Waals surface area (Å²) < 4.78 is 6.84. The zero-order valence-electron chi connectivity index (χ0n) is 16.2. The van der Waals surface area contributed by atoms with Crippen molar-refractivity contribution in [1.29, 1.82) is 5.26 Å². The van der Waals surface area contributed by atoms with Crippen molar-refractivity contribution in [1.82, 2.24) is 0 Å². The van der Waals surface area contributed by atoms with E-state index in [2.05, 4.69) is 21.2 Å². The van der Waals surface area contributed by atoms with E-state index in [1.54, 1.807) is 31.2 Å². The molecule has 0 bridgehead atoms. The predicted molar refractivity (Wildman–Crippen MR) is 123 cm³/mol. The number of nitriles is 1. The van der Waals surface area contributed by atoms with E-state index in [1.165, 1.54) is 6.08 Å². The van der Waals surface area contributed by atoms with Crippen LogP contribution in [-0.2, 0) is 11.4 Å². The molecule has 1 amide bonds. The molecule has 3 rings (SSSR count). The third-order valence-corrected chi connectivity index (χ3v) is 5.31. The van der Waals surface area contributed by atoms with E-state index in [4.69, 9.17) is 16.3 Å². The Morgan fingerprint density at radius 3 is 2.63 bits per heavy atom. The van der Waals surface area contributed by atoms with Crippen LogP contribution in [0.25, 0.3) is 6.08 Å². The first-order chi connectivity index (χ1) is 14.5. The smallest absolute Gasteiger partial charge is 0.266 e. The van der Waals surface area contributed by atoms with Crippen molar-refractivity contribution in [3.05, 3.63) is 98.5 Å². The standard InChI is InChI=1S/C24H18BrClN2O2/c1-16-22(26)6-3-7-23(16)28-24(29)19(14-27)12-18-4-2-5-21(13-18)30-15-17-8-10-20(25)11-9-17/h2-13H,15H2,1H3,(H,28,29)/b19-12+. The molecule has 0 aliphatic heterocycles. The van der Waals surface area contributed by atoms with Crippen molar-refractivity contribution < 1.29 is 9.53 Å². The van der Waals surface area contributed by atoms with Gasteiger partial charge in [0.25, 0.3) is 5.91 Å². The number of anilines is 1. The summed E-state index contributed by atoms with van der Waals surface area (Å²) in [7, 11) is 0. The van der Waals surface area contributed by atoms with Gasteiger partial charge >= 0.3 is 0 Å². The van der Waals surface area contributed by atoms with Gasteiger partial charge in [-0.15, -0.1) is 0 Å². The Labute approximate surface area is 188 Å². The SMILES string of the molecule is Cc1c(Cl)cccc1NC(=O)/C(C#N)=C/c1cccc(OCc2ccc(Br)cc2)c1. The van der Waals surface area contributed by atoms with Crippen LogP contribution in [0.5, 0.6) is 5.75 Å². The number of halogens is 2. The molecule has 0 saturated carbocycles. The quantitative estimate of drug-likeness (QED) is 0.321. The third kappa shape index (κ3) is 5.73. The lowest BCUT2D eigenvalue weighted by molar-refractivity contribution is -0.112. The fourth-order valence-electron chi connectivity index (χ4n) is 2.69. The zero-order chi connectivity index (χ0) is 21.5. The first-order valence-electron chi connectivity index (χ1n) is 9.12. The van der Waals surface area contributed by atoms with Gasteiger partial charge in [-0.3, -0.25) is 4.79 Å². The van der Waals surface area contributed by atoms with Crippen molar-refractivity contribution in [2.45, 2.75) is 13.5 Å². The van der Waals surface area contributed by atoms with Gasteiger partial charge in [0.2, 0.25) is 0 Å². The Kier molecular flexibility index (Phi) is 7.29. The van der Waals surface area contributed by atoms with Crippen LogP contribution in [0, 0.1) is 18.3 Å². The Hall–Kier alpha value is -3.07. The van der Waals surface area contributed by atoms with E-state index in [9.17, 15) is 10.1 Å². The van der Waals surface area contributed by atoms with E-state index in [0.29, 0.717) is 28.6 Å². The third-order valence-electron chi connectivity index (χ3n) is 4.37. The summed E-state index contributed by atoms with van der Waals surface area (Å²) in [5, 5.41) is 12.7. The number of rotatable bonds is 6. The second-order valence-corrected chi connectivity index (χ2v) is 7.85. The summed E-state index contributed by atoms with van der Waals surface area (Å²) in [6.45, 7) is 2.22. The minimum absolute atomic E-state index is 0.0144. The van der Waals surface area contributed by atoms with E-state index in [1.807, 2.05) is 48.5 Å². The maximum Gasteiger partial charge on any atom is 0.266 e. The lowest BCUT2D eigenvalue weighted by atomic mass is 10.1. The van der Waals surface area contributed by atoms with E-state index < -0.39 is 5.91 Å². The van der Waals surface area contributed by atoms with Gasteiger partial charge < -0.3 is 10.1 Å². The molecule has 150 valence electrons. The fraction of sp³-hybridized carbons (Fsp3) is 0.0833. The molecule has 0 atom stereocenters. The predicted octanol–water partition coefficient (Wildman–Crippen LogP) is 6.54. The molecular formula is C24H18BrClN2O2. The molecule has 0 radical (unpaired) electrons. The largest absolute Gasteiger partial charge is 0.489 e. The number of nitrogens with one attached hydrogen (secondary N) is 1. The van der Waals surface area contributed by atoms with Crippen LogP contribution in [0.4, 0.5) is 5.69 Å². The molecule has 1 N–H and O–H groups in total. The molecule has 30 heavy (non-hydrogen) atoms.